The fraction of sp³-hybridized carbons (Fsp3) is 0.750. The largest absolute Gasteiger partial charge is 0.424 e. The Morgan fingerprint density at radius 1 is 0.957 bits per heavy atom. The molecular formula is C16H21N5O2. The summed E-state index contributed by atoms with van der Waals surface area (Å²) >= 11 is 0. The molecule has 0 N–H and O–H groups in total. The third kappa shape index (κ3) is 2.89. The molecular weight excluding hydrogens is 294 g/mol. The fourth-order valence-electron chi connectivity index (χ4n) is 3.34. The molecule has 7 heteroatoms. The zero-order valence-corrected chi connectivity index (χ0v) is 13.1. The number of hydrogen-bond donors (Lipinski definition) is 0. The zero-order chi connectivity index (χ0) is 15.2. The fourth-order valence-corrected chi connectivity index (χ4v) is 3.34. The number of hydrogen-bond acceptors (Lipinski definition) is 7. The lowest BCUT2D eigenvalue weighted by atomic mass is 9.97. The van der Waals surface area contributed by atoms with Crippen molar-refractivity contribution in [2.75, 3.05) is 13.1 Å². The summed E-state index contributed by atoms with van der Waals surface area (Å²) in [6.45, 7) is 2.72. The Balaban J connectivity index is 1.24. The second-order valence-corrected chi connectivity index (χ2v) is 7.15. The maximum atomic E-state index is 5.78. The lowest BCUT2D eigenvalue weighted by Crippen LogP contribution is -2.34. The van der Waals surface area contributed by atoms with Crippen LogP contribution in [-0.4, -0.2) is 38.3 Å². The SMILES string of the molecule is C1C[C@@H](c2noc(C3CC3)n2)CN(Cc2nnc(C3CC3)o2)C1. The van der Waals surface area contributed by atoms with Crippen molar-refractivity contribution in [3.05, 3.63) is 23.5 Å². The number of rotatable bonds is 5. The minimum Gasteiger partial charge on any atom is -0.424 e. The van der Waals surface area contributed by atoms with Gasteiger partial charge in [0.25, 0.3) is 0 Å². The van der Waals surface area contributed by atoms with Crippen LogP contribution in [-0.2, 0) is 6.54 Å². The van der Waals surface area contributed by atoms with Gasteiger partial charge in [-0.15, -0.1) is 10.2 Å². The average Bonchev–Trinajstić information content (AvgIpc) is 3.51. The summed E-state index contributed by atoms with van der Waals surface area (Å²) in [6, 6.07) is 0. The Hall–Kier alpha value is -1.76. The highest BCUT2D eigenvalue weighted by molar-refractivity contribution is 5.06. The first kappa shape index (κ1) is 13.7. The minimum absolute atomic E-state index is 0.353. The second-order valence-electron chi connectivity index (χ2n) is 7.15. The quantitative estimate of drug-likeness (QED) is 0.838. The van der Waals surface area contributed by atoms with Crippen LogP contribution < -0.4 is 0 Å². The van der Waals surface area contributed by atoms with E-state index < -0.39 is 0 Å². The third-order valence-electron chi connectivity index (χ3n) is 5.02. The van der Waals surface area contributed by atoms with Gasteiger partial charge in [-0.1, -0.05) is 5.16 Å². The lowest BCUT2D eigenvalue weighted by Gasteiger charge is -2.29. The Kier molecular flexibility index (Phi) is 3.21. The van der Waals surface area contributed by atoms with Gasteiger partial charge >= 0.3 is 0 Å². The van der Waals surface area contributed by atoms with Gasteiger partial charge in [-0.2, -0.15) is 4.98 Å². The summed E-state index contributed by atoms with van der Waals surface area (Å²) in [7, 11) is 0. The van der Waals surface area contributed by atoms with Crippen LogP contribution in [0, 0.1) is 0 Å². The molecule has 1 aliphatic heterocycles. The van der Waals surface area contributed by atoms with Gasteiger partial charge < -0.3 is 8.94 Å². The van der Waals surface area contributed by atoms with Crippen LogP contribution in [0.25, 0.3) is 0 Å². The van der Waals surface area contributed by atoms with Crippen molar-refractivity contribution in [3.63, 3.8) is 0 Å². The number of aromatic nitrogens is 4. The summed E-state index contributed by atoms with van der Waals surface area (Å²) in [5.74, 6) is 4.66. The van der Waals surface area contributed by atoms with Crippen molar-refractivity contribution >= 4 is 0 Å². The Labute approximate surface area is 134 Å². The highest BCUT2D eigenvalue weighted by Crippen LogP contribution is 2.40. The normalized spacial score (nSPS) is 25.8. The molecule has 7 nitrogen and oxygen atoms in total. The first-order chi connectivity index (χ1) is 11.3. The van der Waals surface area contributed by atoms with E-state index in [-0.39, 0.29) is 0 Å². The molecule has 2 aromatic heterocycles. The summed E-state index contributed by atoms with van der Waals surface area (Å²) in [6.07, 6.45) is 7.03. The molecule has 0 aromatic carbocycles. The third-order valence-corrected chi connectivity index (χ3v) is 5.02. The molecule has 0 radical (unpaired) electrons. The van der Waals surface area contributed by atoms with E-state index in [1.165, 1.54) is 25.7 Å². The predicted molar refractivity (Wildman–Crippen MR) is 79.8 cm³/mol. The van der Waals surface area contributed by atoms with Crippen LogP contribution in [0.2, 0.25) is 0 Å². The van der Waals surface area contributed by atoms with E-state index in [0.717, 1.165) is 56.0 Å². The summed E-state index contributed by atoms with van der Waals surface area (Å²) in [5, 5.41) is 12.6. The first-order valence-electron chi connectivity index (χ1n) is 8.73. The number of piperidine rings is 1. The van der Waals surface area contributed by atoms with Crippen LogP contribution in [0.15, 0.2) is 8.94 Å². The summed E-state index contributed by atoms with van der Waals surface area (Å²) in [4.78, 5) is 6.98. The molecule has 1 saturated heterocycles. The van der Waals surface area contributed by atoms with Crippen molar-refractivity contribution in [1.82, 2.24) is 25.2 Å². The molecule has 122 valence electrons. The number of likely N-dealkylation sites (tertiary alicyclic amines) is 1. The van der Waals surface area contributed by atoms with Crippen molar-refractivity contribution in [2.45, 2.75) is 62.8 Å². The predicted octanol–water partition coefficient (Wildman–Crippen LogP) is 2.59. The highest BCUT2D eigenvalue weighted by Gasteiger charge is 2.33. The Morgan fingerprint density at radius 3 is 2.61 bits per heavy atom. The van der Waals surface area contributed by atoms with E-state index in [9.17, 15) is 0 Å². The van der Waals surface area contributed by atoms with Gasteiger partial charge in [-0.3, -0.25) is 4.90 Å². The summed E-state index contributed by atoms with van der Waals surface area (Å²) < 4.78 is 11.2. The van der Waals surface area contributed by atoms with Gasteiger partial charge in [0.1, 0.15) is 0 Å². The molecule has 2 saturated carbocycles. The molecule has 3 fully saturated rings. The van der Waals surface area contributed by atoms with E-state index in [2.05, 4.69) is 25.2 Å². The second kappa shape index (κ2) is 5.40. The zero-order valence-electron chi connectivity index (χ0n) is 13.1. The van der Waals surface area contributed by atoms with Gasteiger partial charge in [0.05, 0.1) is 6.54 Å². The smallest absolute Gasteiger partial charge is 0.230 e. The van der Waals surface area contributed by atoms with Crippen LogP contribution in [0.4, 0.5) is 0 Å². The maximum Gasteiger partial charge on any atom is 0.230 e. The average molecular weight is 315 g/mol. The molecule has 0 bridgehead atoms. The van der Waals surface area contributed by atoms with E-state index in [4.69, 9.17) is 8.94 Å². The molecule has 23 heavy (non-hydrogen) atoms. The molecule has 1 atom stereocenters. The molecule has 3 aliphatic rings. The van der Waals surface area contributed by atoms with Gasteiger partial charge in [0.15, 0.2) is 5.82 Å². The van der Waals surface area contributed by atoms with Crippen molar-refractivity contribution in [3.8, 4) is 0 Å². The molecule has 2 aliphatic carbocycles. The Bertz CT molecular complexity index is 688. The van der Waals surface area contributed by atoms with Crippen LogP contribution >= 0.6 is 0 Å². The molecule has 0 spiro atoms. The van der Waals surface area contributed by atoms with Gasteiger partial charge in [-0.25, -0.2) is 0 Å². The molecule has 0 amide bonds. The standard InChI is InChI=1S/C16H21N5O2/c1-2-12(14-17-15(23-20-14)10-3-4-10)8-21(7-1)9-13-18-19-16(22-13)11-5-6-11/h10-12H,1-9H2/t12-/m1/s1. The van der Waals surface area contributed by atoms with E-state index in [1.807, 2.05) is 0 Å². The van der Waals surface area contributed by atoms with Gasteiger partial charge in [0.2, 0.25) is 17.7 Å². The lowest BCUT2D eigenvalue weighted by molar-refractivity contribution is 0.178. The molecule has 0 unspecified atom stereocenters. The number of nitrogens with zero attached hydrogens (tertiary/aromatic N) is 5. The van der Waals surface area contributed by atoms with Gasteiger partial charge in [0, 0.05) is 24.3 Å². The van der Waals surface area contributed by atoms with Crippen molar-refractivity contribution in [1.29, 1.82) is 0 Å². The minimum atomic E-state index is 0.353. The highest BCUT2D eigenvalue weighted by atomic mass is 16.5. The van der Waals surface area contributed by atoms with E-state index >= 15 is 0 Å². The first-order valence-corrected chi connectivity index (χ1v) is 8.73. The molecule has 3 heterocycles. The van der Waals surface area contributed by atoms with Crippen LogP contribution in [0.5, 0.6) is 0 Å². The van der Waals surface area contributed by atoms with Crippen LogP contribution in [0.1, 0.15) is 79.8 Å². The Morgan fingerprint density at radius 2 is 1.78 bits per heavy atom. The molecule has 2 aromatic rings. The van der Waals surface area contributed by atoms with Crippen molar-refractivity contribution < 1.29 is 8.94 Å². The topological polar surface area (TPSA) is 81.1 Å². The monoisotopic (exact) mass is 315 g/mol. The van der Waals surface area contributed by atoms with Gasteiger partial charge in [-0.05, 0) is 45.1 Å². The maximum absolute atomic E-state index is 5.78. The summed E-state index contributed by atoms with van der Waals surface area (Å²) in [5.41, 5.74) is 0. The van der Waals surface area contributed by atoms with E-state index in [0.29, 0.717) is 17.8 Å². The van der Waals surface area contributed by atoms with Crippen molar-refractivity contribution in [2.24, 2.45) is 0 Å². The molecule has 5 rings (SSSR count). The van der Waals surface area contributed by atoms with Crippen LogP contribution in [0.3, 0.4) is 0 Å². The van der Waals surface area contributed by atoms with E-state index in [1.54, 1.807) is 0 Å².